The molecule has 0 bridgehead atoms. The highest BCUT2D eigenvalue weighted by molar-refractivity contribution is 5.76. The van der Waals surface area contributed by atoms with Crippen LogP contribution in [0.25, 0.3) is 0 Å². The van der Waals surface area contributed by atoms with Crippen molar-refractivity contribution in [2.24, 2.45) is 0 Å². The molecular formula is C20H28N4O2. The first-order chi connectivity index (χ1) is 12.6. The van der Waals surface area contributed by atoms with Crippen LogP contribution >= 0.6 is 0 Å². The van der Waals surface area contributed by atoms with Crippen molar-refractivity contribution in [2.45, 2.75) is 38.1 Å². The maximum absolute atomic E-state index is 12.5. The normalized spacial score (nSPS) is 17.6. The molecule has 6 heteroatoms. The summed E-state index contributed by atoms with van der Waals surface area (Å²) in [6.07, 6.45) is 7.77. The van der Waals surface area contributed by atoms with Gasteiger partial charge in [0.1, 0.15) is 11.6 Å². The Morgan fingerprint density at radius 2 is 2.19 bits per heavy atom. The number of carbonyl (C=O) groups excluding carboxylic acids is 1. The Labute approximate surface area is 155 Å². The highest BCUT2D eigenvalue weighted by Gasteiger charge is 2.20. The molecule has 0 aliphatic carbocycles. The highest BCUT2D eigenvalue weighted by Crippen LogP contribution is 2.19. The molecule has 2 aromatic heterocycles. The number of pyridine rings is 1. The third-order valence-corrected chi connectivity index (χ3v) is 4.82. The minimum atomic E-state index is 0.221. The van der Waals surface area contributed by atoms with E-state index in [1.807, 2.05) is 48.3 Å². The van der Waals surface area contributed by atoms with E-state index >= 15 is 0 Å². The summed E-state index contributed by atoms with van der Waals surface area (Å²) >= 11 is 0. The zero-order chi connectivity index (χ0) is 18.4. The first kappa shape index (κ1) is 18.3. The minimum absolute atomic E-state index is 0.221. The second kappa shape index (κ2) is 8.74. The molecule has 0 aromatic carbocycles. The number of furan rings is 1. The van der Waals surface area contributed by atoms with Gasteiger partial charge < -0.3 is 19.5 Å². The fourth-order valence-electron chi connectivity index (χ4n) is 3.30. The predicted octanol–water partition coefficient (Wildman–Crippen LogP) is 3.17. The number of carbonyl (C=O) groups is 1. The van der Waals surface area contributed by atoms with Crippen molar-refractivity contribution in [1.29, 1.82) is 0 Å². The molecule has 0 unspecified atom stereocenters. The van der Waals surface area contributed by atoms with Gasteiger partial charge in [-0.15, -0.1) is 0 Å². The molecule has 6 nitrogen and oxygen atoms in total. The summed E-state index contributed by atoms with van der Waals surface area (Å²) < 4.78 is 5.31. The van der Waals surface area contributed by atoms with Crippen molar-refractivity contribution in [2.75, 3.05) is 37.4 Å². The van der Waals surface area contributed by atoms with Crippen LogP contribution in [0.3, 0.4) is 0 Å². The van der Waals surface area contributed by atoms with Crippen LogP contribution in [-0.4, -0.2) is 49.0 Å². The van der Waals surface area contributed by atoms with E-state index in [4.69, 9.17) is 4.42 Å². The molecule has 26 heavy (non-hydrogen) atoms. The summed E-state index contributed by atoms with van der Waals surface area (Å²) in [7, 11) is 3.97. The number of hydrogen-bond acceptors (Lipinski definition) is 5. The van der Waals surface area contributed by atoms with E-state index in [2.05, 4.69) is 16.4 Å². The van der Waals surface area contributed by atoms with Crippen molar-refractivity contribution in [1.82, 2.24) is 9.88 Å². The molecule has 1 fully saturated rings. The van der Waals surface area contributed by atoms with Gasteiger partial charge in [0.15, 0.2) is 0 Å². The lowest BCUT2D eigenvalue weighted by atomic mass is 10.1. The van der Waals surface area contributed by atoms with Gasteiger partial charge in [-0.2, -0.15) is 0 Å². The third kappa shape index (κ3) is 5.00. The summed E-state index contributed by atoms with van der Waals surface area (Å²) in [4.78, 5) is 20.9. The third-order valence-electron chi connectivity index (χ3n) is 4.82. The Morgan fingerprint density at radius 1 is 1.31 bits per heavy atom. The Bertz CT molecular complexity index is 682. The monoisotopic (exact) mass is 356 g/mol. The Hall–Kier alpha value is -2.50. The summed E-state index contributed by atoms with van der Waals surface area (Å²) in [5.41, 5.74) is 1.04. The van der Waals surface area contributed by atoms with Gasteiger partial charge in [-0.05, 0) is 43.5 Å². The maximum Gasteiger partial charge on any atom is 0.223 e. The van der Waals surface area contributed by atoms with Gasteiger partial charge in [-0.1, -0.05) is 0 Å². The first-order valence-corrected chi connectivity index (χ1v) is 9.32. The molecule has 1 aliphatic rings. The molecule has 1 N–H and O–H groups in total. The van der Waals surface area contributed by atoms with E-state index in [9.17, 15) is 4.79 Å². The number of aryl methyl sites for hydroxylation is 1. The average Bonchev–Trinajstić information content (AvgIpc) is 3.05. The lowest BCUT2D eigenvalue weighted by molar-refractivity contribution is -0.131. The Morgan fingerprint density at radius 3 is 2.88 bits per heavy atom. The molecular weight excluding hydrogens is 328 g/mol. The second-order valence-electron chi connectivity index (χ2n) is 7.03. The number of hydrogen-bond donors (Lipinski definition) is 1. The zero-order valence-electron chi connectivity index (χ0n) is 15.6. The molecule has 3 heterocycles. The van der Waals surface area contributed by atoms with Crippen molar-refractivity contribution >= 4 is 17.4 Å². The fraction of sp³-hybridized carbons (Fsp3) is 0.500. The van der Waals surface area contributed by atoms with Crippen LogP contribution in [0.4, 0.5) is 11.5 Å². The van der Waals surface area contributed by atoms with Gasteiger partial charge in [0.2, 0.25) is 5.91 Å². The van der Waals surface area contributed by atoms with Crippen LogP contribution in [0.5, 0.6) is 0 Å². The van der Waals surface area contributed by atoms with E-state index in [1.165, 1.54) is 0 Å². The smallest absolute Gasteiger partial charge is 0.223 e. The van der Waals surface area contributed by atoms with Crippen molar-refractivity contribution in [3.63, 3.8) is 0 Å². The number of likely N-dealkylation sites (tertiary alicyclic amines) is 1. The van der Waals surface area contributed by atoms with Gasteiger partial charge in [0, 0.05) is 46.1 Å². The van der Waals surface area contributed by atoms with Crippen molar-refractivity contribution in [3.05, 3.63) is 42.5 Å². The number of nitrogens with one attached hydrogen (secondary N) is 1. The minimum Gasteiger partial charge on any atom is -0.469 e. The molecule has 1 aliphatic heterocycles. The zero-order valence-corrected chi connectivity index (χ0v) is 15.6. The van der Waals surface area contributed by atoms with Crippen LogP contribution in [0.1, 0.15) is 31.4 Å². The summed E-state index contributed by atoms with van der Waals surface area (Å²) in [6.45, 7) is 1.64. The molecule has 3 rings (SSSR count). The summed E-state index contributed by atoms with van der Waals surface area (Å²) in [5.74, 6) is 2.05. The Kier molecular flexibility index (Phi) is 6.15. The van der Waals surface area contributed by atoms with E-state index in [-0.39, 0.29) is 5.91 Å². The Balaban J connectivity index is 1.47. The van der Waals surface area contributed by atoms with E-state index < -0.39 is 0 Å². The standard InChI is InChI=1S/C20H28N4O2/c1-23(2)19-9-7-17(15-21-19)22-16-5-3-12-24(13-11-16)20(25)10-8-18-6-4-14-26-18/h4,6-7,9,14-16,22H,3,5,8,10-13H2,1-2H3/t16-/m1/s1. The fourth-order valence-corrected chi connectivity index (χ4v) is 3.30. The number of aromatic nitrogens is 1. The SMILES string of the molecule is CN(C)c1ccc(N[C@@H]2CCCN(C(=O)CCc3ccco3)CC2)cn1. The van der Waals surface area contributed by atoms with Gasteiger partial charge >= 0.3 is 0 Å². The number of amides is 1. The van der Waals surface area contributed by atoms with Gasteiger partial charge in [0.05, 0.1) is 18.1 Å². The molecule has 0 saturated carbocycles. The molecule has 1 atom stereocenters. The average molecular weight is 356 g/mol. The lowest BCUT2D eigenvalue weighted by Gasteiger charge is -2.21. The van der Waals surface area contributed by atoms with Gasteiger partial charge in [-0.3, -0.25) is 4.79 Å². The van der Waals surface area contributed by atoms with Crippen molar-refractivity contribution < 1.29 is 9.21 Å². The van der Waals surface area contributed by atoms with E-state index in [0.717, 1.165) is 49.6 Å². The van der Waals surface area contributed by atoms with Crippen molar-refractivity contribution in [3.8, 4) is 0 Å². The van der Waals surface area contributed by atoms with Gasteiger partial charge in [0.25, 0.3) is 0 Å². The highest BCUT2D eigenvalue weighted by atomic mass is 16.3. The van der Waals surface area contributed by atoms with E-state index in [1.54, 1.807) is 6.26 Å². The number of nitrogens with zero attached hydrogens (tertiary/aromatic N) is 3. The molecule has 1 saturated heterocycles. The topological polar surface area (TPSA) is 61.6 Å². The molecule has 140 valence electrons. The molecule has 1 amide bonds. The summed E-state index contributed by atoms with van der Waals surface area (Å²) in [5, 5.41) is 3.57. The van der Waals surface area contributed by atoms with Crippen LogP contribution in [-0.2, 0) is 11.2 Å². The van der Waals surface area contributed by atoms with Gasteiger partial charge in [-0.25, -0.2) is 4.98 Å². The largest absolute Gasteiger partial charge is 0.469 e. The number of rotatable bonds is 6. The second-order valence-corrected chi connectivity index (χ2v) is 7.03. The molecule has 0 spiro atoms. The first-order valence-electron chi connectivity index (χ1n) is 9.32. The van der Waals surface area contributed by atoms with Crippen LogP contribution in [0, 0.1) is 0 Å². The molecule has 0 radical (unpaired) electrons. The maximum atomic E-state index is 12.5. The van der Waals surface area contributed by atoms with Crippen LogP contribution in [0.15, 0.2) is 41.1 Å². The predicted molar refractivity (Wildman–Crippen MR) is 103 cm³/mol. The lowest BCUT2D eigenvalue weighted by Crippen LogP contribution is -2.32. The summed E-state index contributed by atoms with van der Waals surface area (Å²) in [6, 6.07) is 8.25. The number of anilines is 2. The van der Waals surface area contributed by atoms with E-state index in [0.29, 0.717) is 18.9 Å². The molecule has 2 aromatic rings. The quantitative estimate of drug-likeness (QED) is 0.861. The van der Waals surface area contributed by atoms with Crippen LogP contribution < -0.4 is 10.2 Å². The van der Waals surface area contributed by atoms with Crippen LogP contribution in [0.2, 0.25) is 0 Å².